The normalized spacial score (nSPS) is 11.9. The Kier molecular flexibility index (Phi) is 6.82. The molecule has 1 rings (SSSR count). The molecule has 0 amide bonds. The minimum atomic E-state index is -4.67. The van der Waals surface area contributed by atoms with Crippen molar-refractivity contribution in [2.45, 2.75) is 39.6 Å². The molecule has 20 heavy (non-hydrogen) atoms. The summed E-state index contributed by atoms with van der Waals surface area (Å²) in [5.74, 6) is 0.464. The molecule has 6 heteroatoms. The first-order valence-electron chi connectivity index (χ1n) is 6.53. The summed E-state index contributed by atoms with van der Waals surface area (Å²) in [6.07, 6.45) is -2.41. The van der Waals surface area contributed by atoms with E-state index in [1.807, 2.05) is 0 Å². The van der Waals surface area contributed by atoms with Gasteiger partial charge in [0.2, 0.25) is 0 Å². The summed E-state index contributed by atoms with van der Waals surface area (Å²) in [6, 6.07) is 4.58. The van der Waals surface area contributed by atoms with E-state index in [9.17, 15) is 13.2 Å². The molecular formula is C14H19BrF3NO. The second kappa shape index (κ2) is 7.88. The van der Waals surface area contributed by atoms with E-state index in [1.165, 1.54) is 6.07 Å². The van der Waals surface area contributed by atoms with Gasteiger partial charge in [-0.25, -0.2) is 0 Å². The molecule has 0 heterocycles. The van der Waals surface area contributed by atoms with E-state index >= 15 is 0 Å². The summed E-state index contributed by atoms with van der Waals surface area (Å²) in [4.78, 5) is 0. The number of benzene rings is 1. The fourth-order valence-electron chi connectivity index (χ4n) is 1.73. The van der Waals surface area contributed by atoms with Crippen LogP contribution in [0.5, 0.6) is 5.75 Å². The van der Waals surface area contributed by atoms with Crippen LogP contribution in [0.2, 0.25) is 0 Å². The number of hydrogen-bond donors (Lipinski definition) is 1. The van der Waals surface area contributed by atoms with Gasteiger partial charge < -0.3 is 10.1 Å². The third-order valence-corrected chi connectivity index (χ3v) is 3.31. The SMILES string of the molecule is CC(C)CCCNCc1ccc(OC(F)(F)F)c(Br)c1. The number of rotatable bonds is 7. The summed E-state index contributed by atoms with van der Waals surface area (Å²) in [6.45, 7) is 5.88. The van der Waals surface area contributed by atoms with Crippen molar-refractivity contribution in [1.82, 2.24) is 5.32 Å². The van der Waals surface area contributed by atoms with Gasteiger partial charge in [-0.2, -0.15) is 0 Å². The summed E-state index contributed by atoms with van der Waals surface area (Å²) in [7, 11) is 0. The lowest BCUT2D eigenvalue weighted by Gasteiger charge is -2.12. The summed E-state index contributed by atoms with van der Waals surface area (Å²) < 4.78 is 40.5. The van der Waals surface area contributed by atoms with Gasteiger partial charge in [0, 0.05) is 6.54 Å². The first-order chi connectivity index (χ1) is 9.28. The highest BCUT2D eigenvalue weighted by Gasteiger charge is 2.31. The van der Waals surface area contributed by atoms with Gasteiger partial charge in [-0.3, -0.25) is 0 Å². The van der Waals surface area contributed by atoms with Crippen molar-refractivity contribution in [2.24, 2.45) is 5.92 Å². The van der Waals surface area contributed by atoms with Crippen molar-refractivity contribution in [3.8, 4) is 5.75 Å². The molecule has 2 nitrogen and oxygen atoms in total. The minimum Gasteiger partial charge on any atom is -0.405 e. The van der Waals surface area contributed by atoms with E-state index in [-0.39, 0.29) is 5.75 Å². The molecule has 0 spiro atoms. The van der Waals surface area contributed by atoms with Gasteiger partial charge in [-0.05, 0) is 58.9 Å². The lowest BCUT2D eigenvalue weighted by atomic mass is 10.1. The molecule has 1 aromatic rings. The van der Waals surface area contributed by atoms with Gasteiger partial charge in [-0.15, -0.1) is 13.2 Å². The Hall–Kier alpha value is -0.750. The predicted octanol–water partition coefficient (Wildman–Crippen LogP) is 4.87. The Bertz CT molecular complexity index is 421. The van der Waals surface area contributed by atoms with E-state index in [1.54, 1.807) is 12.1 Å². The second-order valence-electron chi connectivity index (χ2n) is 5.03. The van der Waals surface area contributed by atoms with E-state index < -0.39 is 6.36 Å². The molecule has 0 saturated heterocycles. The molecule has 0 aromatic heterocycles. The number of nitrogens with one attached hydrogen (secondary N) is 1. The number of hydrogen-bond acceptors (Lipinski definition) is 2. The van der Waals surface area contributed by atoms with Gasteiger partial charge in [0.1, 0.15) is 5.75 Å². The highest BCUT2D eigenvalue weighted by molar-refractivity contribution is 9.10. The van der Waals surface area contributed by atoms with Gasteiger partial charge in [0.25, 0.3) is 0 Å². The van der Waals surface area contributed by atoms with Crippen LogP contribution in [0.25, 0.3) is 0 Å². The molecule has 0 bridgehead atoms. The zero-order chi connectivity index (χ0) is 15.2. The fourth-order valence-corrected chi connectivity index (χ4v) is 2.24. The van der Waals surface area contributed by atoms with E-state index in [0.717, 1.165) is 24.9 Å². The highest BCUT2D eigenvalue weighted by atomic mass is 79.9. The third-order valence-electron chi connectivity index (χ3n) is 2.69. The maximum absolute atomic E-state index is 12.1. The van der Waals surface area contributed by atoms with Crippen LogP contribution >= 0.6 is 15.9 Å². The Morgan fingerprint density at radius 1 is 1.30 bits per heavy atom. The van der Waals surface area contributed by atoms with Gasteiger partial charge in [-0.1, -0.05) is 19.9 Å². The molecule has 0 fully saturated rings. The average molecular weight is 354 g/mol. The maximum atomic E-state index is 12.1. The van der Waals surface area contributed by atoms with Crippen molar-refractivity contribution >= 4 is 15.9 Å². The van der Waals surface area contributed by atoms with Crippen LogP contribution in [0.4, 0.5) is 13.2 Å². The van der Waals surface area contributed by atoms with Crippen molar-refractivity contribution in [2.75, 3.05) is 6.54 Å². The van der Waals surface area contributed by atoms with E-state index in [2.05, 4.69) is 39.8 Å². The molecule has 0 aliphatic carbocycles. The average Bonchev–Trinajstić information content (AvgIpc) is 2.30. The Labute approximate surface area is 125 Å². The number of alkyl halides is 3. The third kappa shape index (κ3) is 7.14. The molecular weight excluding hydrogens is 335 g/mol. The van der Waals surface area contributed by atoms with Crippen LogP contribution < -0.4 is 10.1 Å². The lowest BCUT2D eigenvalue weighted by molar-refractivity contribution is -0.274. The summed E-state index contributed by atoms with van der Waals surface area (Å²) in [5.41, 5.74) is 0.913. The molecule has 114 valence electrons. The molecule has 0 saturated carbocycles. The monoisotopic (exact) mass is 353 g/mol. The molecule has 1 N–H and O–H groups in total. The second-order valence-corrected chi connectivity index (χ2v) is 5.88. The topological polar surface area (TPSA) is 21.3 Å². The smallest absolute Gasteiger partial charge is 0.405 e. The van der Waals surface area contributed by atoms with E-state index in [0.29, 0.717) is 16.9 Å². The van der Waals surface area contributed by atoms with Crippen molar-refractivity contribution in [1.29, 1.82) is 0 Å². The highest BCUT2D eigenvalue weighted by Crippen LogP contribution is 2.30. The van der Waals surface area contributed by atoms with Gasteiger partial charge in [0.05, 0.1) is 4.47 Å². The van der Waals surface area contributed by atoms with E-state index in [4.69, 9.17) is 0 Å². The fraction of sp³-hybridized carbons (Fsp3) is 0.571. The molecule has 1 aromatic carbocycles. The zero-order valence-corrected chi connectivity index (χ0v) is 13.1. The quantitative estimate of drug-likeness (QED) is 0.705. The van der Waals surface area contributed by atoms with Crippen molar-refractivity contribution in [3.05, 3.63) is 28.2 Å². The Morgan fingerprint density at radius 2 is 2.00 bits per heavy atom. The predicted molar refractivity (Wildman–Crippen MR) is 76.6 cm³/mol. The minimum absolute atomic E-state index is 0.221. The lowest BCUT2D eigenvalue weighted by Crippen LogP contribution is -2.18. The molecule has 0 unspecified atom stereocenters. The van der Waals surface area contributed by atoms with Crippen LogP contribution in [-0.2, 0) is 6.54 Å². The number of ether oxygens (including phenoxy) is 1. The van der Waals surface area contributed by atoms with Crippen LogP contribution in [0.3, 0.4) is 0 Å². The zero-order valence-electron chi connectivity index (χ0n) is 11.6. The van der Waals surface area contributed by atoms with Crippen LogP contribution in [0.1, 0.15) is 32.3 Å². The van der Waals surface area contributed by atoms with Crippen molar-refractivity contribution < 1.29 is 17.9 Å². The number of halogens is 4. The first kappa shape index (κ1) is 17.3. The van der Waals surface area contributed by atoms with Gasteiger partial charge in [0.15, 0.2) is 0 Å². The molecule has 0 atom stereocenters. The Balaban J connectivity index is 2.43. The van der Waals surface area contributed by atoms with Crippen molar-refractivity contribution in [3.63, 3.8) is 0 Å². The van der Waals surface area contributed by atoms with Crippen LogP contribution in [0.15, 0.2) is 22.7 Å². The molecule has 0 aliphatic heterocycles. The van der Waals surface area contributed by atoms with Crippen LogP contribution in [-0.4, -0.2) is 12.9 Å². The van der Waals surface area contributed by atoms with Gasteiger partial charge >= 0.3 is 6.36 Å². The molecule has 0 aliphatic rings. The standard InChI is InChI=1S/C14H19BrF3NO/c1-10(2)4-3-7-19-9-11-5-6-13(12(15)8-11)20-14(16,17)18/h5-6,8,10,19H,3-4,7,9H2,1-2H3. The summed E-state index contributed by atoms with van der Waals surface area (Å²) in [5, 5.41) is 3.27. The molecule has 0 radical (unpaired) electrons. The summed E-state index contributed by atoms with van der Waals surface area (Å²) >= 11 is 3.09. The largest absolute Gasteiger partial charge is 0.573 e. The van der Waals surface area contributed by atoms with Crippen LogP contribution in [0, 0.1) is 5.92 Å². The first-order valence-corrected chi connectivity index (χ1v) is 7.32. The Morgan fingerprint density at radius 3 is 2.55 bits per heavy atom. The maximum Gasteiger partial charge on any atom is 0.573 e.